The zero-order valence-electron chi connectivity index (χ0n) is 22.3. The zero-order valence-corrected chi connectivity index (χ0v) is 24.7. The number of hydrogen-bond acceptors (Lipinski definition) is 7. The number of carbonyl (C=O) groups excluding carboxylic acids is 3. The summed E-state index contributed by atoms with van der Waals surface area (Å²) < 4.78 is 5.04. The first-order chi connectivity index (χ1) is 18.6. The second kappa shape index (κ2) is 12.8. The van der Waals surface area contributed by atoms with E-state index in [1.165, 1.54) is 37.1 Å². The molecule has 3 aromatic rings. The molecule has 1 amide bonds. The predicted molar refractivity (Wildman–Crippen MR) is 164 cm³/mol. The van der Waals surface area contributed by atoms with Gasteiger partial charge in [0.2, 0.25) is 5.91 Å². The fourth-order valence-electron chi connectivity index (χ4n) is 4.36. The van der Waals surface area contributed by atoms with Crippen LogP contribution in [-0.4, -0.2) is 35.1 Å². The van der Waals surface area contributed by atoms with E-state index >= 15 is 0 Å². The molecule has 0 spiro atoms. The van der Waals surface area contributed by atoms with Crippen LogP contribution < -0.4 is 16.0 Å². The van der Waals surface area contributed by atoms with Crippen LogP contribution in [0.5, 0.6) is 0 Å². The lowest BCUT2D eigenvalue weighted by Gasteiger charge is -2.18. The molecular weight excluding hydrogens is 551 g/mol. The predicted octanol–water partition coefficient (Wildman–Crippen LogP) is 6.79. The number of thioether (sulfide) groups is 1. The van der Waals surface area contributed by atoms with Gasteiger partial charge in [0.1, 0.15) is 5.00 Å². The zero-order chi connectivity index (χ0) is 28.1. The Morgan fingerprint density at radius 2 is 1.79 bits per heavy atom. The number of esters is 1. The molecule has 2 atom stereocenters. The quantitative estimate of drug-likeness (QED) is 0.116. The van der Waals surface area contributed by atoms with Gasteiger partial charge in [-0.25, -0.2) is 4.79 Å². The number of benzene rings is 2. The first-order valence-electron chi connectivity index (χ1n) is 12.6. The molecule has 7 nitrogen and oxygen atoms in total. The molecule has 1 aliphatic carbocycles. The van der Waals surface area contributed by atoms with E-state index in [9.17, 15) is 14.4 Å². The highest BCUT2D eigenvalue weighted by molar-refractivity contribution is 8.00. The number of carbonyl (C=O) groups is 3. The topological polar surface area (TPSA) is 96.5 Å². The summed E-state index contributed by atoms with van der Waals surface area (Å²) in [6.45, 7) is 5.57. The number of thiocarbonyl (C=S) groups is 1. The maximum absolute atomic E-state index is 13.1. The molecule has 39 heavy (non-hydrogen) atoms. The van der Waals surface area contributed by atoms with Crippen molar-refractivity contribution in [3.05, 3.63) is 70.1 Å². The highest BCUT2D eigenvalue weighted by Crippen LogP contribution is 2.40. The van der Waals surface area contributed by atoms with Crippen molar-refractivity contribution in [1.29, 1.82) is 0 Å². The smallest absolute Gasteiger partial charge is 0.341 e. The first kappa shape index (κ1) is 28.8. The van der Waals surface area contributed by atoms with Gasteiger partial charge in [0.15, 0.2) is 10.9 Å². The summed E-state index contributed by atoms with van der Waals surface area (Å²) in [5, 5.41) is 9.83. The van der Waals surface area contributed by atoms with E-state index in [4.69, 9.17) is 17.0 Å². The minimum Gasteiger partial charge on any atom is -0.465 e. The minimum atomic E-state index is -0.409. The minimum absolute atomic E-state index is 0.00697. The summed E-state index contributed by atoms with van der Waals surface area (Å²) in [6.07, 6.45) is 2.74. The highest BCUT2D eigenvalue weighted by Gasteiger charge is 2.29. The van der Waals surface area contributed by atoms with E-state index in [1.54, 1.807) is 24.3 Å². The second-order valence-corrected chi connectivity index (χ2v) is 12.5. The third-order valence-electron chi connectivity index (χ3n) is 6.46. The molecule has 1 heterocycles. The number of thiophene rings is 1. The standard InChI is InChI=1S/C29H31N3O4S3/c1-16-8-13-23-24(14-16)39-27(25(23)28(35)36-4)32-26(34)18(3)38-22-7-5-6-21(15-22)31-29(37)30-20-11-9-19(10-12-20)17(2)33/h5-7,9-12,15-16,18H,8,13-14H2,1-4H3,(H,32,34)(H2,30,31,37). The Bertz CT molecular complexity index is 1400. The van der Waals surface area contributed by atoms with Crippen LogP contribution in [0.2, 0.25) is 0 Å². The lowest BCUT2D eigenvalue weighted by Crippen LogP contribution is -2.23. The van der Waals surface area contributed by atoms with Gasteiger partial charge in [-0.05, 0) is 99.3 Å². The van der Waals surface area contributed by atoms with E-state index < -0.39 is 11.2 Å². The summed E-state index contributed by atoms with van der Waals surface area (Å²) >= 11 is 8.34. The van der Waals surface area contributed by atoms with Crippen LogP contribution in [0.3, 0.4) is 0 Å². The molecule has 10 heteroatoms. The van der Waals surface area contributed by atoms with E-state index in [0.29, 0.717) is 27.2 Å². The Kier molecular flexibility index (Phi) is 9.42. The van der Waals surface area contributed by atoms with Crippen molar-refractivity contribution in [2.75, 3.05) is 23.1 Å². The van der Waals surface area contributed by atoms with Gasteiger partial charge in [-0.1, -0.05) is 13.0 Å². The number of methoxy groups -OCH3 is 1. The monoisotopic (exact) mass is 581 g/mol. The van der Waals surface area contributed by atoms with Crippen LogP contribution in [0.1, 0.15) is 58.3 Å². The van der Waals surface area contributed by atoms with Crippen LogP contribution in [0.25, 0.3) is 0 Å². The number of Topliss-reactive ketones (excluding diaryl/α,β-unsaturated/α-hetero) is 1. The number of hydrogen-bond donors (Lipinski definition) is 3. The number of ketones is 1. The summed E-state index contributed by atoms with van der Waals surface area (Å²) in [7, 11) is 1.37. The number of amides is 1. The SMILES string of the molecule is COC(=O)c1c(NC(=O)C(C)Sc2cccc(NC(=S)Nc3ccc(C(C)=O)cc3)c2)sc2c1CCC(C)C2. The average molecular weight is 582 g/mol. The summed E-state index contributed by atoms with van der Waals surface area (Å²) in [5.74, 6) is -0.0272. The Labute approximate surface area is 242 Å². The number of nitrogens with one attached hydrogen (secondary N) is 3. The summed E-state index contributed by atoms with van der Waals surface area (Å²) in [4.78, 5) is 39.2. The summed E-state index contributed by atoms with van der Waals surface area (Å²) in [6, 6.07) is 14.7. The van der Waals surface area contributed by atoms with Gasteiger partial charge in [0.25, 0.3) is 0 Å². The Morgan fingerprint density at radius 3 is 2.49 bits per heavy atom. The molecule has 1 aromatic heterocycles. The molecule has 0 bridgehead atoms. The van der Waals surface area contributed by atoms with E-state index in [2.05, 4.69) is 22.9 Å². The number of rotatable bonds is 8. The molecule has 0 saturated heterocycles. The van der Waals surface area contributed by atoms with Crippen LogP contribution in [0, 0.1) is 5.92 Å². The van der Waals surface area contributed by atoms with Gasteiger partial charge >= 0.3 is 5.97 Å². The Morgan fingerprint density at radius 1 is 1.08 bits per heavy atom. The maximum atomic E-state index is 13.1. The van der Waals surface area contributed by atoms with Gasteiger partial charge < -0.3 is 20.7 Å². The number of ether oxygens (including phenoxy) is 1. The molecule has 0 radical (unpaired) electrons. The van der Waals surface area contributed by atoms with Crippen LogP contribution in [0.15, 0.2) is 53.4 Å². The van der Waals surface area contributed by atoms with E-state index in [0.717, 1.165) is 46.0 Å². The normalized spacial score (nSPS) is 15.0. The maximum Gasteiger partial charge on any atom is 0.341 e. The van der Waals surface area contributed by atoms with Gasteiger partial charge in [-0.3, -0.25) is 9.59 Å². The fourth-order valence-corrected chi connectivity index (χ4v) is 6.92. The van der Waals surface area contributed by atoms with Crippen LogP contribution in [0.4, 0.5) is 16.4 Å². The molecule has 0 fully saturated rings. The lowest BCUT2D eigenvalue weighted by molar-refractivity contribution is -0.115. The Balaban J connectivity index is 1.38. The lowest BCUT2D eigenvalue weighted by atomic mass is 9.88. The largest absolute Gasteiger partial charge is 0.465 e. The second-order valence-electron chi connectivity index (χ2n) is 9.54. The van der Waals surface area contributed by atoms with Crippen LogP contribution >= 0.6 is 35.3 Å². The third-order valence-corrected chi connectivity index (χ3v) is 8.93. The molecule has 2 aromatic carbocycles. The van der Waals surface area contributed by atoms with Crippen molar-refractivity contribution >= 4 is 74.5 Å². The van der Waals surface area contributed by atoms with Crippen molar-refractivity contribution in [1.82, 2.24) is 0 Å². The van der Waals surface area contributed by atoms with Crippen LogP contribution in [-0.2, 0) is 22.4 Å². The first-order valence-corrected chi connectivity index (χ1v) is 14.7. The Hall–Kier alpha value is -3.21. The highest BCUT2D eigenvalue weighted by atomic mass is 32.2. The van der Waals surface area contributed by atoms with Crippen molar-refractivity contribution in [2.45, 2.75) is 50.2 Å². The van der Waals surface area contributed by atoms with Gasteiger partial charge in [0.05, 0.1) is 17.9 Å². The third kappa shape index (κ3) is 7.26. The number of anilines is 3. The molecular formula is C29H31N3O4S3. The van der Waals surface area contributed by atoms with Gasteiger partial charge in [0, 0.05) is 26.7 Å². The molecule has 1 aliphatic rings. The molecule has 2 unspecified atom stereocenters. The van der Waals surface area contributed by atoms with Crippen molar-refractivity contribution in [2.24, 2.45) is 5.92 Å². The molecule has 4 rings (SSSR count). The van der Waals surface area contributed by atoms with Gasteiger partial charge in [-0.2, -0.15) is 0 Å². The van der Waals surface area contributed by atoms with Crippen molar-refractivity contribution in [3.63, 3.8) is 0 Å². The molecule has 3 N–H and O–H groups in total. The van der Waals surface area contributed by atoms with Crippen molar-refractivity contribution < 1.29 is 19.1 Å². The van der Waals surface area contributed by atoms with Gasteiger partial charge in [-0.15, -0.1) is 23.1 Å². The summed E-state index contributed by atoms with van der Waals surface area (Å²) in [5.41, 5.74) is 3.69. The molecule has 204 valence electrons. The number of fused-ring (bicyclic) bond motifs is 1. The average Bonchev–Trinajstić information content (AvgIpc) is 3.25. The molecule has 0 saturated carbocycles. The van der Waals surface area contributed by atoms with E-state index in [-0.39, 0.29) is 11.7 Å². The van der Waals surface area contributed by atoms with Crippen molar-refractivity contribution in [3.8, 4) is 0 Å². The molecule has 0 aliphatic heterocycles. The fraction of sp³-hybridized carbons (Fsp3) is 0.310. The van der Waals surface area contributed by atoms with E-state index in [1.807, 2.05) is 31.2 Å².